The minimum absolute atomic E-state index is 0.0393. The highest BCUT2D eigenvalue weighted by molar-refractivity contribution is 7.92. The van der Waals surface area contributed by atoms with Crippen molar-refractivity contribution in [3.8, 4) is 6.07 Å². The predicted octanol–water partition coefficient (Wildman–Crippen LogP) is 1.37. The first-order valence-corrected chi connectivity index (χ1v) is 13.2. The minimum atomic E-state index is -3.85. The van der Waals surface area contributed by atoms with Gasteiger partial charge >= 0.3 is 0 Å². The fourth-order valence-electron chi connectivity index (χ4n) is 3.34. The smallest absolute Gasteiger partial charge is 0.244 e. The maximum absolute atomic E-state index is 12.9. The lowest BCUT2D eigenvalue weighted by Gasteiger charge is -2.34. The monoisotopic (exact) mass is 488 g/mol. The largest absolute Gasteiger partial charge is 0.340 e. The summed E-state index contributed by atoms with van der Waals surface area (Å²) in [4.78, 5) is 13.9. The highest BCUT2D eigenvalue weighted by Gasteiger charge is 2.31. The molecule has 1 aliphatic heterocycles. The summed E-state index contributed by atoms with van der Waals surface area (Å²) < 4.78 is 53.5. The third-order valence-electron chi connectivity index (χ3n) is 5.10. The van der Waals surface area contributed by atoms with Crippen LogP contribution in [-0.2, 0) is 24.8 Å². The van der Waals surface area contributed by atoms with Crippen molar-refractivity contribution in [3.63, 3.8) is 0 Å². The van der Waals surface area contributed by atoms with Crippen molar-refractivity contribution in [2.45, 2.75) is 11.3 Å². The van der Waals surface area contributed by atoms with Crippen LogP contribution in [0, 0.1) is 11.3 Å². The van der Waals surface area contributed by atoms with Crippen LogP contribution in [0.5, 0.6) is 0 Å². The third-order valence-corrected chi connectivity index (χ3v) is 8.16. The SMILES string of the molecule is N#Cc1ccccc1S(=O)(=O)N1CCN(C(=O)CCNS(=O)(=O)C=Cc2ccccc2)CC1. The van der Waals surface area contributed by atoms with Crippen LogP contribution >= 0.6 is 0 Å². The third kappa shape index (κ3) is 6.49. The van der Waals surface area contributed by atoms with E-state index >= 15 is 0 Å². The van der Waals surface area contributed by atoms with Gasteiger partial charge in [-0.25, -0.2) is 21.6 Å². The molecule has 0 aromatic heterocycles. The van der Waals surface area contributed by atoms with E-state index in [0.717, 1.165) is 11.0 Å². The molecule has 0 radical (unpaired) electrons. The molecule has 1 amide bonds. The van der Waals surface area contributed by atoms with Crippen molar-refractivity contribution >= 4 is 32.0 Å². The van der Waals surface area contributed by atoms with E-state index in [0.29, 0.717) is 0 Å². The number of benzene rings is 2. The molecule has 1 saturated heterocycles. The first kappa shape index (κ1) is 24.6. The number of nitrogens with one attached hydrogen (secondary N) is 1. The van der Waals surface area contributed by atoms with E-state index in [4.69, 9.17) is 0 Å². The van der Waals surface area contributed by atoms with E-state index in [2.05, 4.69) is 4.72 Å². The lowest BCUT2D eigenvalue weighted by molar-refractivity contribution is -0.132. The number of rotatable bonds is 8. The van der Waals surface area contributed by atoms with Crippen LogP contribution in [0.3, 0.4) is 0 Å². The van der Waals surface area contributed by atoms with Gasteiger partial charge in [-0.1, -0.05) is 42.5 Å². The standard InChI is InChI=1S/C22H24N4O5S2/c23-18-20-8-4-5-9-21(20)33(30,31)26-15-13-25(14-16-26)22(27)10-12-24-32(28,29)17-11-19-6-2-1-3-7-19/h1-9,11,17,24H,10,12-16H2. The first-order chi connectivity index (χ1) is 15.7. The normalized spacial score (nSPS) is 15.4. The van der Waals surface area contributed by atoms with Crippen LogP contribution in [0.1, 0.15) is 17.5 Å². The van der Waals surface area contributed by atoms with Crippen molar-refractivity contribution < 1.29 is 21.6 Å². The summed E-state index contributed by atoms with van der Waals surface area (Å²) in [5, 5.41) is 10.2. The Morgan fingerprint density at radius 1 is 0.970 bits per heavy atom. The van der Waals surface area contributed by atoms with Crippen LogP contribution in [-0.4, -0.2) is 64.7 Å². The Balaban J connectivity index is 1.49. The van der Waals surface area contributed by atoms with Gasteiger partial charge in [0.05, 0.1) is 10.5 Å². The molecule has 1 aliphatic rings. The first-order valence-electron chi connectivity index (χ1n) is 10.2. The zero-order chi connectivity index (χ0) is 23.9. The van der Waals surface area contributed by atoms with Gasteiger partial charge in [-0.05, 0) is 23.8 Å². The van der Waals surface area contributed by atoms with Gasteiger partial charge in [-0.2, -0.15) is 9.57 Å². The maximum Gasteiger partial charge on any atom is 0.244 e. The second kappa shape index (κ2) is 10.7. The summed E-state index contributed by atoms with van der Waals surface area (Å²) >= 11 is 0. The number of hydrogen-bond donors (Lipinski definition) is 1. The van der Waals surface area contributed by atoms with Crippen molar-refractivity contribution in [2.24, 2.45) is 0 Å². The predicted molar refractivity (Wildman–Crippen MR) is 124 cm³/mol. The molecular weight excluding hydrogens is 464 g/mol. The van der Waals surface area contributed by atoms with E-state index in [1.165, 1.54) is 27.4 Å². The Kier molecular flexibility index (Phi) is 7.99. The summed E-state index contributed by atoms with van der Waals surface area (Å²) in [7, 11) is -7.53. The number of hydrogen-bond acceptors (Lipinski definition) is 6. The summed E-state index contributed by atoms with van der Waals surface area (Å²) in [6.07, 6.45) is 1.43. The molecule has 0 unspecified atom stereocenters. The molecule has 174 valence electrons. The van der Waals surface area contributed by atoms with Gasteiger partial charge in [0.1, 0.15) is 6.07 Å². The molecule has 9 nitrogen and oxygen atoms in total. The fraction of sp³-hybridized carbons (Fsp3) is 0.273. The average molecular weight is 489 g/mol. The maximum atomic E-state index is 12.9. The molecule has 1 N–H and O–H groups in total. The Morgan fingerprint density at radius 2 is 1.61 bits per heavy atom. The van der Waals surface area contributed by atoms with Crippen molar-refractivity contribution in [1.82, 2.24) is 13.9 Å². The molecule has 0 spiro atoms. The molecule has 2 aromatic carbocycles. The molecule has 1 fully saturated rings. The number of carbonyl (C=O) groups is 1. The zero-order valence-electron chi connectivity index (χ0n) is 17.8. The van der Waals surface area contributed by atoms with E-state index in [1.807, 2.05) is 12.1 Å². The van der Waals surface area contributed by atoms with Gasteiger partial charge < -0.3 is 4.90 Å². The van der Waals surface area contributed by atoms with Crippen LogP contribution in [0.15, 0.2) is 64.9 Å². The molecule has 0 bridgehead atoms. The van der Waals surface area contributed by atoms with E-state index in [9.17, 15) is 26.9 Å². The molecule has 0 saturated carbocycles. The van der Waals surface area contributed by atoms with E-state index in [1.54, 1.807) is 36.4 Å². The van der Waals surface area contributed by atoms with Crippen molar-refractivity contribution in [3.05, 3.63) is 71.1 Å². The number of amides is 1. The molecule has 2 aromatic rings. The fourth-order valence-corrected chi connectivity index (χ4v) is 5.72. The molecule has 0 aliphatic carbocycles. The second-order valence-corrected chi connectivity index (χ2v) is 10.9. The van der Waals surface area contributed by atoms with Gasteiger partial charge in [0.2, 0.25) is 26.0 Å². The Labute approximate surface area is 194 Å². The number of carbonyl (C=O) groups excluding carboxylic acids is 1. The average Bonchev–Trinajstić information content (AvgIpc) is 2.83. The Hall–Kier alpha value is -3.04. The van der Waals surface area contributed by atoms with Gasteiger partial charge in [0.25, 0.3) is 0 Å². The number of nitrogens with zero attached hydrogens (tertiary/aromatic N) is 3. The summed E-state index contributed by atoms with van der Waals surface area (Å²) in [5.74, 6) is -0.265. The lowest BCUT2D eigenvalue weighted by atomic mass is 10.2. The Bertz CT molecular complexity index is 1260. The molecule has 0 atom stereocenters. The highest BCUT2D eigenvalue weighted by atomic mass is 32.2. The van der Waals surface area contributed by atoms with E-state index in [-0.39, 0.29) is 55.5 Å². The van der Waals surface area contributed by atoms with Gasteiger partial charge in [-0.15, -0.1) is 0 Å². The summed E-state index contributed by atoms with van der Waals surface area (Å²) in [6.45, 7) is 0.508. The lowest BCUT2D eigenvalue weighted by Crippen LogP contribution is -2.51. The molecule has 3 rings (SSSR count). The molecule has 1 heterocycles. The molecule has 33 heavy (non-hydrogen) atoms. The Morgan fingerprint density at radius 3 is 2.27 bits per heavy atom. The van der Waals surface area contributed by atoms with Gasteiger partial charge in [-0.3, -0.25) is 4.79 Å². The van der Waals surface area contributed by atoms with Crippen molar-refractivity contribution in [2.75, 3.05) is 32.7 Å². The number of nitriles is 1. The van der Waals surface area contributed by atoms with Crippen LogP contribution in [0.4, 0.5) is 0 Å². The van der Waals surface area contributed by atoms with E-state index < -0.39 is 20.0 Å². The van der Waals surface area contributed by atoms with Crippen LogP contribution in [0.2, 0.25) is 0 Å². The van der Waals surface area contributed by atoms with Crippen LogP contribution in [0.25, 0.3) is 6.08 Å². The molecular formula is C22H24N4O5S2. The quantitative estimate of drug-likeness (QED) is 0.598. The minimum Gasteiger partial charge on any atom is -0.340 e. The number of piperazine rings is 1. The van der Waals surface area contributed by atoms with Gasteiger partial charge in [0, 0.05) is 44.6 Å². The van der Waals surface area contributed by atoms with Crippen molar-refractivity contribution in [1.29, 1.82) is 5.26 Å². The number of sulfonamides is 2. The summed E-state index contributed by atoms with van der Waals surface area (Å²) in [6, 6.07) is 16.9. The summed E-state index contributed by atoms with van der Waals surface area (Å²) in [5.41, 5.74) is 0.814. The zero-order valence-corrected chi connectivity index (χ0v) is 19.4. The van der Waals surface area contributed by atoms with Gasteiger partial charge in [0.15, 0.2) is 0 Å². The second-order valence-electron chi connectivity index (χ2n) is 7.30. The molecule has 11 heteroatoms. The highest BCUT2D eigenvalue weighted by Crippen LogP contribution is 2.21. The van der Waals surface area contributed by atoms with Crippen LogP contribution < -0.4 is 4.72 Å². The topological polar surface area (TPSA) is 128 Å².